The molecule has 0 aliphatic carbocycles. The Balaban J connectivity index is 2.60. The number of aromatic amines is 1. The molecule has 1 heterocycles. The average Bonchev–Trinajstić information content (AvgIpc) is 2.59. The third-order valence-electron chi connectivity index (χ3n) is 2.21. The number of rotatable bonds is 1. The minimum absolute atomic E-state index is 0.312. The van der Waals surface area contributed by atoms with E-state index < -0.39 is 0 Å². The molecule has 0 fully saturated rings. The summed E-state index contributed by atoms with van der Waals surface area (Å²) in [5, 5.41) is 0. The van der Waals surface area contributed by atoms with Crippen LogP contribution in [0.2, 0.25) is 0 Å². The van der Waals surface area contributed by atoms with E-state index in [2.05, 4.69) is 9.72 Å². The topological polar surface area (TPSA) is 46.0 Å². The van der Waals surface area contributed by atoms with Crippen LogP contribution < -0.4 is 4.57 Å². The number of carbonyl (C=O) groups excluding carboxylic acids is 1. The largest absolute Gasteiger partial charge is 0.465 e. The van der Waals surface area contributed by atoms with Crippen molar-refractivity contribution in [2.45, 2.75) is 0 Å². The molecule has 2 aromatic rings. The molecule has 0 aliphatic rings. The molecule has 1 aromatic heterocycles. The summed E-state index contributed by atoms with van der Waals surface area (Å²) in [4.78, 5) is 14.3. The lowest BCUT2D eigenvalue weighted by molar-refractivity contribution is -0.644. The standard InChI is InChI=1S/C10H10N2O2/c1-12-6-11-8-4-3-7(5-9(8)12)10(13)14-2/h3-6H,1-2H3/p+1. The van der Waals surface area contributed by atoms with Crippen LogP contribution in [-0.4, -0.2) is 18.1 Å². The van der Waals surface area contributed by atoms with E-state index in [4.69, 9.17) is 0 Å². The number of benzene rings is 1. The third kappa shape index (κ3) is 1.25. The van der Waals surface area contributed by atoms with Crippen molar-refractivity contribution in [2.75, 3.05) is 7.11 Å². The van der Waals surface area contributed by atoms with Crippen LogP contribution in [-0.2, 0) is 11.8 Å². The SMILES string of the molecule is COC(=O)c1ccc2[nH]c[n+](C)c2c1. The summed E-state index contributed by atoms with van der Waals surface area (Å²) in [6.45, 7) is 0. The molecule has 4 heteroatoms. The Bertz CT molecular complexity index is 488. The third-order valence-corrected chi connectivity index (χ3v) is 2.21. The maximum absolute atomic E-state index is 11.2. The second-order valence-electron chi connectivity index (χ2n) is 3.11. The van der Waals surface area contributed by atoms with E-state index >= 15 is 0 Å². The molecular formula is C10H11N2O2+. The average molecular weight is 191 g/mol. The molecular weight excluding hydrogens is 180 g/mol. The van der Waals surface area contributed by atoms with Crippen LogP contribution in [0.5, 0.6) is 0 Å². The summed E-state index contributed by atoms with van der Waals surface area (Å²) in [6.07, 6.45) is 1.84. The van der Waals surface area contributed by atoms with Gasteiger partial charge in [-0.1, -0.05) is 0 Å². The zero-order valence-electron chi connectivity index (χ0n) is 8.07. The maximum Gasteiger partial charge on any atom is 0.338 e. The number of aryl methyl sites for hydroxylation is 1. The van der Waals surface area contributed by atoms with Crippen molar-refractivity contribution in [3.05, 3.63) is 30.1 Å². The second kappa shape index (κ2) is 3.14. The Morgan fingerprint density at radius 1 is 1.50 bits per heavy atom. The summed E-state index contributed by atoms with van der Waals surface area (Å²) < 4.78 is 6.56. The smallest absolute Gasteiger partial charge is 0.338 e. The van der Waals surface area contributed by atoms with Gasteiger partial charge in [-0.2, -0.15) is 0 Å². The lowest BCUT2D eigenvalue weighted by atomic mass is 10.2. The predicted octanol–water partition coefficient (Wildman–Crippen LogP) is 0.779. The lowest BCUT2D eigenvalue weighted by Crippen LogP contribution is -2.25. The van der Waals surface area contributed by atoms with Crippen molar-refractivity contribution in [3.8, 4) is 0 Å². The second-order valence-corrected chi connectivity index (χ2v) is 3.11. The van der Waals surface area contributed by atoms with E-state index in [1.165, 1.54) is 7.11 Å². The fourth-order valence-corrected chi connectivity index (χ4v) is 1.43. The van der Waals surface area contributed by atoms with Gasteiger partial charge in [0, 0.05) is 6.07 Å². The maximum atomic E-state index is 11.2. The first kappa shape index (κ1) is 8.74. The van der Waals surface area contributed by atoms with Crippen molar-refractivity contribution < 1.29 is 14.1 Å². The van der Waals surface area contributed by atoms with Crippen molar-refractivity contribution in [3.63, 3.8) is 0 Å². The van der Waals surface area contributed by atoms with Crippen LogP contribution in [0.25, 0.3) is 11.0 Å². The number of hydrogen-bond acceptors (Lipinski definition) is 2. The first-order valence-corrected chi connectivity index (χ1v) is 4.27. The fourth-order valence-electron chi connectivity index (χ4n) is 1.43. The lowest BCUT2D eigenvalue weighted by Gasteiger charge is -1.97. The quantitative estimate of drug-likeness (QED) is 0.534. The zero-order chi connectivity index (χ0) is 10.1. The van der Waals surface area contributed by atoms with Gasteiger partial charge in [-0.3, -0.25) is 0 Å². The summed E-state index contributed by atoms with van der Waals surface area (Å²) in [7, 11) is 3.30. The van der Waals surface area contributed by atoms with E-state index in [0.717, 1.165) is 11.0 Å². The molecule has 0 radical (unpaired) electrons. The van der Waals surface area contributed by atoms with Gasteiger partial charge < -0.3 is 4.74 Å². The Morgan fingerprint density at radius 2 is 2.29 bits per heavy atom. The fraction of sp³-hybridized carbons (Fsp3) is 0.200. The van der Waals surface area contributed by atoms with Gasteiger partial charge in [0.1, 0.15) is 0 Å². The minimum Gasteiger partial charge on any atom is -0.465 e. The van der Waals surface area contributed by atoms with E-state index in [-0.39, 0.29) is 5.97 Å². The molecule has 72 valence electrons. The first-order chi connectivity index (χ1) is 6.72. The molecule has 0 amide bonds. The number of carbonyl (C=O) groups is 1. The molecule has 0 unspecified atom stereocenters. The molecule has 0 bridgehead atoms. The predicted molar refractivity (Wildman–Crippen MR) is 50.8 cm³/mol. The summed E-state index contributed by atoms with van der Waals surface area (Å²) >= 11 is 0. The first-order valence-electron chi connectivity index (χ1n) is 4.27. The summed E-state index contributed by atoms with van der Waals surface area (Å²) in [5.41, 5.74) is 2.54. The molecule has 4 nitrogen and oxygen atoms in total. The molecule has 0 aliphatic heterocycles. The molecule has 2 rings (SSSR count). The number of nitrogens with zero attached hydrogens (tertiary/aromatic N) is 1. The van der Waals surface area contributed by atoms with Gasteiger partial charge in [0.05, 0.1) is 19.7 Å². The van der Waals surface area contributed by atoms with E-state index in [0.29, 0.717) is 5.56 Å². The molecule has 14 heavy (non-hydrogen) atoms. The Hall–Kier alpha value is -1.84. The number of hydrogen-bond donors (Lipinski definition) is 1. The Morgan fingerprint density at radius 3 is 3.00 bits per heavy atom. The number of ether oxygens (including phenoxy) is 1. The van der Waals surface area contributed by atoms with Gasteiger partial charge in [-0.15, -0.1) is 0 Å². The highest BCUT2D eigenvalue weighted by Crippen LogP contribution is 2.10. The highest BCUT2D eigenvalue weighted by atomic mass is 16.5. The van der Waals surface area contributed by atoms with Crippen LogP contribution in [0.1, 0.15) is 10.4 Å². The van der Waals surface area contributed by atoms with Gasteiger partial charge in [0.25, 0.3) is 0 Å². The normalized spacial score (nSPS) is 10.4. The van der Waals surface area contributed by atoms with Gasteiger partial charge >= 0.3 is 5.97 Å². The van der Waals surface area contributed by atoms with Crippen LogP contribution >= 0.6 is 0 Å². The molecule has 0 atom stereocenters. The van der Waals surface area contributed by atoms with Crippen molar-refractivity contribution in [1.29, 1.82) is 0 Å². The van der Waals surface area contributed by atoms with Crippen LogP contribution in [0.15, 0.2) is 24.5 Å². The monoisotopic (exact) mass is 191 g/mol. The number of nitrogens with one attached hydrogen (secondary N) is 1. The van der Waals surface area contributed by atoms with Crippen LogP contribution in [0.4, 0.5) is 0 Å². The minimum atomic E-state index is -0.312. The van der Waals surface area contributed by atoms with Gasteiger partial charge in [-0.25, -0.2) is 14.3 Å². The van der Waals surface area contributed by atoms with Crippen molar-refractivity contribution in [1.82, 2.24) is 4.98 Å². The van der Waals surface area contributed by atoms with E-state index in [1.807, 2.05) is 24.0 Å². The number of aromatic nitrogens is 2. The number of H-pyrrole nitrogens is 1. The van der Waals surface area contributed by atoms with Crippen molar-refractivity contribution in [2.24, 2.45) is 7.05 Å². The summed E-state index contributed by atoms with van der Waals surface area (Å²) in [6, 6.07) is 5.41. The van der Waals surface area contributed by atoms with E-state index in [1.54, 1.807) is 12.1 Å². The number of fused-ring (bicyclic) bond motifs is 1. The molecule has 1 aromatic carbocycles. The summed E-state index contributed by atoms with van der Waals surface area (Å²) in [5.74, 6) is -0.312. The molecule has 0 saturated heterocycles. The highest BCUT2D eigenvalue weighted by molar-refractivity contribution is 5.92. The highest BCUT2D eigenvalue weighted by Gasteiger charge is 2.11. The van der Waals surface area contributed by atoms with Crippen molar-refractivity contribution >= 4 is 17.0 Å². The van der Waals surface area contributed by atoms with Crippen LogP contribution in [0.3, 0.4) is 0 Å². The Labute approximate surface area is 81.1 Å². The van der Waals surface area contributed by atoms with Gasteiger partial charge in [0.15, 0.2) is 11.0 Å². The Kier molecular flexibility index (Phi) is 1.96. The molecule has 1 N–H and O–H groups in total. The number of imidazole rings is 1. The number of esters is 1. The van der Waals surface area contributed by atoms with E-state index in [9.17, 15) is 4.79 Å². The van der Waals surface area contributed by atoms with Gasteiger partial charge in [0.2, 0.25) is 6.33 Å². The van der Waals surface area contributed by atoms with Crippen LogP contribution in [0, 0.1) is 0 Å². The number of methoxy groups -OCH3 is 1. The van der Waals surface area contributed by atoms with Gasteiger partial charge in [-0.05, 0) is 12.1 Å². The zero-order valence-corrected chi connectivity index (χ0v) is 8.07. The molecule has 0 spiro atoms. The molecule has 0 saturated carbocycles.